The number of nitrogens with two attached hydrogens (primary N) is 1. The Labute approximate surface area is 112 Å². The van der Waals surface area contributed by atoms with Crippen molar-refractivity contribution in [1.82, 2.24) is 9.88 Å². The minimum atomic E-state index is -3.38. The molecule has 0 aliphatic carbocycles. The molecule has 1 aromatic rings. The first-order valence-corrected chi connectivity index (χ1v) is 7.47. The molecule has 0 bridgehead atoms. The Hall–Kier alpha value is -1.41. The summed E-state index contributed by atoms with van der Waals surface area (Å²) >= 11 is 0. The molecule has 0 atom stereocenters. The van der Waals surface area contributed by atoms with Crippen LogP contribution in [-0.2, 0) is 16.6 Å². The fourth-order valence-corrected chi connectivity index (χ4v) is 2.59. The largest absolute Gasteiger partial charge is 0.364 e. The zero-order valence-electron chi connectivity index (χ0n) is 11.3. The van der Waals surface area contributed by atoms with Gasteiger partial charge in [-0.3, -0.25) is 4.79 Å². The summed E-state index contributed by atoms with van der Waals surface area (Å²) in [5, 5.41) is 3.42. The van der Waals surface area contributed by atoms with Crippen LogP contribution in [-0.4, -0.2) is 25.2 Å². The predicted molar refractivity (Wildman–Crippen MR) is 69.7 cm³/mol. The van der Waals surface area contributed by atoms with Crippen LogP contribution in [0, 0.1) is 5.41 Å². The molecule has 108 valence electrons. The summed E-state index contributed by atoms with van der Waals surface area (Å²) in [7, 11) is -3.38. The smallest absolute Gasteiger partial charge is 0.270 e. The van der Waals surface area contributed by atoms with Crippen molar-refractivity contribution < 1.29 is 17.7 Å². The molecule has 7 nitrogen and oxygen atoms in total. The van der Waals surface area contributed by atoms with E-state index in [-0.39, 0.29) is 29.2 Å². The van der Waals surface area contributed by atoms with Gasteiger partial charge < -0.3 is 10.3 Å². The highest BCUT2D eigenvalue weighted by Crippen LogP contribution is 2.19. The third-order valence-electron chi connectivity index (χ3n) is 2.40. The van der Waals surface area contributed by atoms with E-state index < -0.39 is 15.9 Å². The number of sulfonamides is 1. The van der Waals surface area contributed by atoms with E-state index in [4.69, 9.17) is 10.3 Å². The minimum absolute atomic E-state index is 0.0242. The second kappa shape index (κ2) is 5.70. The van der Waals surface area contributed by atoms with E-state index in [0.717, 1.165) is 0 Å². The summed E-state index contributed by atoms with van der Waals surface area (Å²) in [6.07, 6.45) is 0.547. The maximum absolute atomic E-state index is 11.7. The number of aromatic nitrogens is 1. The summed E-state index contributed by atoms with van der Waals surface area (Å²) in [4.78, 5) is 10.8. The summed E-state index contributed by atoms with van der Waals surface area (Å²) in [6, 6.07) is 1.31. The second-order valence-corrected chi connectivity index (χ2v) is 7.42. The first kappa shape index (κ1) is 15.6. The van der Waals surface area contributed by atoms with Crippen LogP contribution in [0.3, 0.4) is 0 Å². The second-order valence-electron chi connectivity index (χ2n) is 5.49. The third-order valence-corrected chi connectivity index (χ3v) is 3.72. The molecular formula is C11H19N3O4S. The fourth-order valence-electron chi connectivity index (χ4n) is 1.21. The molecule has 8 heteroatoms. The molecule has 0 saturated heterocycles. The molecule has 0 saturated carbocycles. The number of carbonyl (C=O) groups is 1. The standard InChI is InChI=1S/C11H19N3O4S/c1-11(2,3)4-5-19(16,17)13-7-8-6-9(10(12)15)14-18-8/h6,13H,4-5,7H2,1-3H3,(H2,12,15). The summed E-state index contributed by atoms with van der Waals surface area (Å²) in [5.74, 6) is -0.438. The van der Waals surface area contributed by atoms with Gasteiger partial charge in [0.05, 0.1) is 12.3 Å². The zero-order valence-corrected chi connectivity index (χ0v) is 12.1. The third kappa shape index (κ3) is 5.84. The van der Waals surface area contributed by atoms with Crippen molar-refractivity contribution in [1.29, 1.82) is 0 Å². The lowest BCUT2D eigenvalue weighted by molar-refractivity contribution is 0.0991. The Bertz CT molecular complexity index is 543. The lowest BCUT2D eigenvalue weighted by Gasteiger charge is -2.17. The van der Waals surface area contributed by atoms with Crippen molar-refractivity contribution in [3.8, 4) is 0 Å². The molecule has 19 heavy (non-hydrogen) atoms. The number of amides is 1. The molecule has 0 unspecified atom stereocenters. The maximum atomic E-state index is 11.7. The van der Waals surface area contributed by atoms with Crippen LogP contribution in [0.25, 0.3) is 0 Å². The van der Waals surface area contributed by atoms with Crippen molar-refractivity contribution >= 4 is 15.9 Å². The molecule has 0 radical (unpaired) electrons. The van der Waals surface area contributed by atoms with Gasteiger partial charge in [0, 0.05) is 6.07 Å². The molecule has 1 heterocycles. The van der Waals surface area contributed by atoms with Crippen LogP contribution in [0.2, 0.25) is 0 Å². The zero-order chi connectivity index (χ0) is 14.7. The first-order valence-electron chi connectivity index (χ1n) is 5.82. The predicted octanol–water partition coefficient (Wildman–Crippen LogP) is 0.629. The molecule has 0 aliphatic heterocycles. The van der Waals surface area contributed by atoms with Crippen molar-refractivity contribution in [3.63, 3.8) is 0 Å². The highest BCUT2D eigenvalue weighted by Gasteiger charge is 2.18. The number of rotatable bonds is 6. The van der Waals surface area contributed by atoms with Crippen molar-refractivity contribution in [2.75, 3.05) is 5.75 Å². The van der Waals surface area contributed by atoms with Crippen LogP contribution < -0.4 is 10.5 Å². The number of nitrogens with zero attached hydrogens (tertiary/aromatic N) is 1. The van der Waals surface area contributed by atoms with E-state index in [1.807, 2.05) is 20.8 Å². The monoisotopic (exact) mass is 289 g/mol. The van der Waals surface area contributed by atoms with Gasteiger partial charge in [-0.05, 0) is 11.8 Å². The van der Waals surface area contributed by atoms with Crippen molar-refractivity contribution in [2.24, 2.45) is 11.1 Å². The number of carbonyl (C=O) groups excluding carboxylic acids is 1. The van der Waals surface area contributed by atoms with Crippen LogP contribution in [0.15, 0.2) is 10.6 Å². The van der Waals surface area contributed by atoms with Crippen LogP contribution in [0.1, 0.15) is 43.4 Å². The lowest BCUT2D eigenvalue weighted by Crippen LogP contribution is -2.27. The summed E-state index contributed by atoms with van der Waals surface area (Å²) in [6.45, 7) is 5.86. The molecule has 1 aromatic heterocycles. The van der Waals surface area contributed by atoms with Crippen LogP contribution >= 0.6 is 0 Å². The molecule has 1 rings (SSSR count). The molecule has 0 fully saturated rings. The van der Waals surface area contributed by atoms with Crippen molar-refractivity contribution in [2.45, 2.75) is 33.7 Å². The van der Waals surface area contributed by atoms with Gasteiger partial charge in [0.2, 0.25) is 10.0 Å². The SMILES string of the molecule is CC(C)(C)CCS(=O)(=O)NCc1cc(C(N)=O)no1. The summed E-state index contributed by atoms with van der Waals surface area (Å²) in [5.41, 5.74) is 4.92. The van der Waals surface area contributed by atoms with Gasteiger partial charge >= 0.3 is 0 Å². The van der Waals surface area contributed by atoms with Gasteiger partial charge in [0.1, 0.15) is 0 Å². The minimum Gasteiger partial charge on any atom is -0.364 e. The average Bonchev–Trinajstić information content (AvgIpc) is 2.72. The molecule has 1 amide bonds. The Kier molecular flexibility index (Phi) is 4.70. The van der Waals surface area contributed by atoms with E-state index in [2.05, 4.69) is 9.88 Å². The number of hydrogen-bond donors (Lipinski definition) is 2. The van der Waals surface area contributed by atoms with Gasteiger partial charge in [0.25, 0.3) is 5.91 Å². The van der Waals surface area contributed by atoms with Gasteiger partial charge in [0.15, 0.2) is 11.5 Å². The van der Waals surface area contributed by atoms with E-state index >= 15 is 0 Å². The number of nitrogens with one attached hydrogen (secondary N) is 1. The van der Waals surface area contributed by atoms with Gasteiger partial charge in [-0.1, -0.05) is 25.9 Å². The lowest BCUT2D eigenvalue weighted by atomic mass is 9.94. The number of hydrogen-bond acceptors (Lipinski definition) is 5. The fraction of sp³-hybridized carbons (Fsp3) is 0.636. The Morgan fingerprint density at radius 3 is 2.58 bits per heavy atom. The molecule has 3 N–H and O–H groups in total. The van der Waals surface area contributed by atoms with E-state index in [9.17, 15) is 13.2 Å². The summed E-state index contributed by atoms with van der Waals surface area (Å²) < 4.78 is 30.6. The quantitative estimate of drug-likeness (QED) is 0.797. The van der Waals surface area contributed by atoms with Crippen molar-refractivity contribution in [3.05, 3.63) is 17.5 Å². The Morgan fingerprint density at radius 2 is 2.11 bits per heavy atom. The highest BCUT2D eigenvalue weighted by molar-refractivity contribution is 7.89. The molecule has 0 aromatic carbocycles. The van der Waals surface area contributed by atoms with Gasteiger partial charge in [-0.25, -0.2) is 13.1 Å². The Morgan fingerprint density at radius 1 is 1.47 bits per heavy atom. The van der Waals surface area contributed by atoms with Crippen LogP contribution in [0.5, 0.6) is 0 Å². The van der Waals surface area contributed by atoms with E-state index in [0.29, 0.717) is 6.42 Å². The maximum Gasteiger partial charge on any atom is 0.270 e. The first-order chi connectivity index (χ1) is 8.59. The van der Waals surface area contributed by atoms with Crippen LogP contribution in [0.4, 0.5) is 0 Å². The normalized spacial score (nSPS) is 12.6. The topological polar surface area (TPSA) is 115 Å². The molecule has 0 spiro atoms. The van der Waals surface area contributed by atoms with Gasteiger partial charge in [-0.15, -0.1) is 0 Å². The van der Waals surface area contributed by atoms with E-state index in [1.165, 1.54) is 6.07 Å². The molecular weight excluding hydrogens is 270 g/mol. The number of primary amides is 1. The van der Waals surface area contributed by atoms with Gasteiger partial charge in [-0.2, -0.15) is 0 Å². The average molecular weight is 289 g/mol. The molecule has 0 aliphatic rings. The Balaban J connectivity index is 2.53. The van der Waals surface area contributed by atoms with E-state index in [1.54, 1.807) is 0 Å². The highest BCUT2D eigenvalue weighted by atomic mass is 32.2.